The first-order chi connectivity index (χ1) is 25.6. The van der Waals surface area contributed by atoms with Crippen LogP contribution in [0.1, 0.15) is 142 Å². The number of unbranched alkanes of at least 4 members (excludes halogenated alkanes) is 12. The molecule has 306 valence electrons. The van der Waals surface area contributed by atoms with Crippen LogP contribution in [-0.4, -0.2) is 71.7 Å². The number of carbonyl (C=O) groups is 2. The monoisotopic (exact) mass is 769 g/mol. The van der Waals surface area contributed by atoms with E-state index in [4.69, 9.17) is 24.3 Å². The third kappa shape index (κ3) is 36.4. The van der Waals surface area contributed by atoms with Crippen LogP contribution in [0.3, 0.4) is 0 Å². The van der Waals surface area contributed by atoms with E-state index in [0.29, 0.717) is 25.7 Å². The molecule has 0 rings (SSSR count). The van der Waals surface area contributed by atoms with E-state index < -0.39 is 44.7 Å². The fourth-order valence-corrected chi connectivity index (χ4v) is 5.76. The van der Waals surface area contributed by atoms with Crippen molar-refractivity contribution in [3.63, 3.8) is 0 Å². The largest absolute Gasteiger partial charge is 0.472 e. The molecule has 53 heavy (non-hydrogen) atoms. The molecule has 0 aliphatic rings. The van der Waals surface area contributed by atoms with Gasteiger partial charge in [-0.1, -0.05) is 126 Å². The van der Waals surface area contributed by atoms with Crippen molar-refractivity contribution in [3.05, 3.63) is 60.8 Å². The van der Waals surface area contributed by atoms with Gasteiger partial charge in [0.2, 0.25) is 0 Å². The molecule has 0 aromatic heterocycles. The standard InChI is InChI=1S/C41H72NO10P/c1-3-5-7-9-11-12-13-14-15-16-17-19-25-31-41(46)52-39(36-51-53(47,48)50-34-33-42)35-49-40(45)32-26-30-38(44)29-24-21-20-23-28-37(43)27-22-18-10-8-6-4-2/h12-13,18,20-24,28-29,37-39,43-44H,3-11,14-17,19,25-27,30-36,42H2,1-2H3,(H,47,48)/b13-12-,21-20+,22-18-,28-23+,29-24-/t37-,38-,39-/m1/s1. The van der Waals surface area contributed by atoms with Gasteiger partial charge in [-0.3, -0.25) is 18.6 Å². The number of aliphatic hydroxyl groups excluding tert-OH is 2. The van der Waals surface area contributed by atoms with Crippen molar-refractivity contribution in [2.24, 2.45) is 5.73 Å². The van der Waals surface area contributed by atoms with E-state index in [1.54, 1.807) is 36.5 Å². The highest BCUT2D eigenvalue weighted by Gasteiger charge is 2.26. The second-order valence-corrected chi connectivity index (χ2v) is 14.6. The maximum absolute atomic E-state index is 12.5. The zero-order valence-electron chi connectivity index (χ0n) is 32.7. The van der Waals surface area contributed by atoms with E-state index in [2.05, 4.69) is 32.1 Å². The predicted molar refractivity (Wildman–Crippen MR) is 213 cm³/mol. The molecule has 5 N–H and O–H groups in total. The molecule has 12 heteroatoms. The van der Waals surface area contributed by atoms with Gasteiger partial charge in [-0.2, -0.15) is 0 Å². The normalized spacial score (nSPS) is 15.2. The van der Waals surface area contributed by atoms with Crippen molar-refractivity contribution in [1.82, 2.24) is 0 Å². The van der Waals surface area contributed by atoms with Crippen LogP contribution in [0, 0.1) is 0 Å². The van der Waals surface area contributed by atoms with Crippen LogP contribution in [-0.2, 0) is 32.7 Å². The van der Waals surface area contributed by atoms with Gasteiger partial charge in [-0.25, -0.2) is 4.57 Å². The smallest absolute Gasteiger partial charge is 0.462 e. The summed E-state index contributed by atoms with van der Waals surface area (Å²) in [4.78, 5) is 34.8. The molecular formula is C41H72NO10P. The Bertz CT molecular complexity index is 1090. The van der Waals surface area contributed by atoms with Crippen LogP contribution in [0.5, 0.6) is 0 Å². The lowest BCUT2D eigenvalue weighted by atomic mass is 10.1. The van der Waals surface area contributed by atoms with Gasteiger partial charge in [0.1, 0.15) is 6.61 Å². The van der Waals surface area contributed by atoms with Crippen molar-refractivity contribution in [2.75, 3.05) is 26.4 Å². The summed E-state index contributed by atoms with van der Waals surface area (Å²) in [5, 5.41) is 20.2. The van der Waals surface area contributed by atoms with E-state index in [1.165, 1.54) is 44.9 Å². The number of hydrogen-bond acceptors (Lipinski definition) is 10. The molecule has 4 atom stereocenters. The van der Waals surface area contributed by atoms with Crippen molar-refractivity contribution < 1.29 is 47.8 Å². The highest BCUT2D eigenvalue weighted by atomic mass is 31.2. The molecule has 0 saturated carbocycles. The molecule has 0 aliphatic heterocycles. The van der Waals surface area contributed by atoms with Crippen molar-refractivity contribution in [2.45, 2.75) is 161 Å². The van der Waals surface area contributed by atoms with Crippen molar-refractivity contribution >= 4 is 19.8 Å². The van der Waals surface area contributed by atoms with Gasteiger partial charge in [0.15, 0.2) is 6.10 Å². The molecule has 11 nitrogen and oxygen atoms in total. The van der Waals surface area contributed by atoms with E-state index in [1.807, 2.05) is 6.08 Å². The molecular weight excluding hydrogens is 697 g/mol. The van der Waals surface area contributed by atoms with E-state index in [9.17, 15) is 29.3 Å². The molecule has 0 amide bonds. The Morgan fingerprint density at radius 3 is 1.87 bits per heavy atom. The lowest BCUT2D eigenvalue weighted by Crippen LogP contribution is -2.29. The maximum Gasteiger partial charge on any atom is 0.472 e. The third-order valence-electron chi connectivity index (χ3n) is 8.07. The van der Waals surface area contributed by atoms with Crippen LogP contribution in [0.25, 0.3) is 0 Å². The number of hydrogen-bond donors (Lipinski definition) is 4. The molecule has 0 aromatic rings. The Labute approximate surface area is 320 Å². The SMILES string of the molecule is CCCCC/C=C\C[C@@H](O)/C=C/C=C/C=C\[C@@H](O)CCCC(=O)OC[C@H](COP(=O)(O)OCCN)OC(=O)CCCCCCC/C=C\CCCCCC. The summed E-state index contributed by atoms with van der Waals surface area (Å²) in [5.74, 6) is -1.09. The van der Waals surface area contributed by atoms with E-state index in [-0.39, 0.29) is 32.6 Å². The van der Waals surface area contributed by atoms with Crippen LogP contribution in [0.15, 0.2) is 60.8 Å². The minimum Gasteiger partial charge on any atom is -0.462 e. The lowest BCUT2D eigenvalue weighted by Gasteiger charge is -2.20. The Balaban J connectivity index is 4.50. The summed E-state index contributed by atoms with van der Waals surface area (Å²) in [6.45, 7) is 3.33. The predicted octanol–water partition coefficient (Wildman–Crippen LogP) is 8.88. The first kappa shape index (κ1) is 50.6. The van der Waals surface area contributed by atoms with Crippen LogP contribution >= 0.6 is 7.82 Å². The Morgan fingerprint density at radius 1 is 0.660 bits per heavy atom. The van der Waals surface area contributed by atoms with E-state index >= 15 is 0 Å². The Hall–Kier alpha value is -2.37. The zero-order chi connectivity index (χ0) is 39.3. The molecule has 0 radical (unpaired) electrons. The highest BCUT2D eigenvalue weighted by Crippen LogP contribution is 2.43. The van der Waals surface area contributed by atoms with Gasteiger partial charge in [-0.05, 0) is 64.2 Å². The Morgan fingerprint density at radius 2 is 1.21 bits per heavy atom. The molecule has 0 heterocycles. The summed E-state index contributed by atoms with van der Waals surface area (Å²) >= 11 is 0. The molecule has 0 aliphatic carbocycles. The molecule has 0 aromatic carbocycles. The Kier molecular flexibility index (Phi) is 35.0. The molecule has 0 bridgehead atoms. The second-order valence-electron chi connectivity index (χ2n) is 13.2. The lowest BCUT2D eigenvalue weighted by molar-refractivity contribution is -0.161. The average Bonchev–Trinajstić information content (AvgIpc) is 3.13. The van der Waals surface area contributed by atoms with Crippen LogP contribution in [0.2, 0.25) is 0 Å². The molecule has 1 unspecified atom stereocenters. The number of ether oxygens (including phenoxy) is 2. The topological polar surface area (TPSA) is 175 Å². The number of allylic oxidation sites excluding steroid dienone is 7. The van der Waals surface area contributed by atoms with Crippen LogP contribution in [0.4, 0.5) is 0 Å². The minimum absolute atomic E-state index is 0.0148. The van der Waals surface area contributed by atoms with Gasteiger partial charge >= 0.3 is 19.8 Å². The fourth-order valence-electron chi connectivity index (χ4n) is 5.00. The van der Waals surface area contributed by atoms with Gasteiger partial charge in [-0.15, -0.1) is 0 Å². The van der Waals surface area contributed by atoms with Crippen molar-refractivity contribution in [3.8, 4) is 0 Å². The first-order valence-corrected chi connectivity index (χ1v) is 21.5. The van der Waals surface area contributed by atoms with Crippen molar-refractivity contribution in [1.29, 1.82) is 0 Å². The number of carbonyl (C=O) groups excluding carboxylic acids is 2. The highest BCUT2D eigenvalue weighted by molar-refractivity contribution is 7.47. The summed E-state index contributed by atoms with van der Waals surface area (Å²) in [6.07, 6.45) is 34.5. The number of aliphatic hydroxyl groups is 2. The molecule has 0 spiro atoms. The number of phosphoric acid groups is 1. The minimum atomic E-state index is -4.44. The quantitative estimate of drug-likeness (QED) is 0.0158. The average molecular weight is 770 g/mol. The van der Waals surface area contributed by atoms with E-state index in [0.717, 1.165) is 44.9 Å². The summed E-state index contributed by atoms with van der Waals surface area (Å²) < 4.78 is 32.5. The summed E-state index contributed by atoms with van der Waals surface area (Å²) in [6, 6.07) is 0. The van der Waals surface area contributed by atoms with Crippen LogP contribution < -0.4 is 5.73 Å². The number of nitrogens with two attached hydrogens (primary N) is 1. The summed E-state index contributed by atoms with van der Waals surface area (Å²) in [5.41, 5.74) is 5.32. The first-order valence-electron chi connectivity index (χ1n) is 20.0. The second kappa shape index (κ2) is 36.6. The maximum atomic E-state index is 12.5. The van der Waals surface area contributed by atoms with Gasteiger partial charge < -0.3 is 30.3 Å². The third-order valence-corrected chi connectivity index (χ3v) is 9.05. The fraction of sp³-hybridized carbons (Fsp3) is 0.707. The number of esters is 2. The van der Waals surface area contributed by atoms with Gasteiger partial charge in [0.05, 0.1) is 25.4 Å². The number of phosphoric ester groups is 1. The van der Waals surface area contributed by atoms with Gasteiger partial charge in [0, 0.05) is 19.4 Å². The summed E-state index contributed by atoms with van der Waals surface area (Å²) in [7, 11) is -4.44. The molecule has 0 saturated heterocycles. The van der Waals surface area contributed by atoms with Gasteiger partial charge in [0.25, 0.3) is 0 Å². The zero-order valence-corrected chi connectivity index (χ0v) is 33.6. The molecule has 0 fully saturated rings. The number of rotatable bonds is 36.